The van der Waals surface area contributed by atoms with E-state index in [4.69, 9.17) is 9.26 Å². The van der Waals surface area contributed by atoms with Crippen LogP contribution in [0.25, 0.3) is 0 Å². The van der Waals surface area contributed by atoms with Crippen molar-refractivity contribution in [1.82, 2.24) is 10.1 Å². The third kappa shape index (κ3) is 3.21. The highest BCUT2D eigenvalue weighted by Crippen LogP contribution is 2.24. The van der Waals surface area contributed by atoms with E-state index >= 15 is 0 Å². The SMILES string of the molecule is CCCc1nc(N2CCOC(c3ccc(F)cc3)C2)no1. The van der Waals surface area contributed by atoms with E-state index < -0.39 is 0 Å². The fourth-order valence-electron chi connectivity index (χ4n) is 2.40. The molecule has 5 nitrogen and oxygen atoms in total. The van der Waals surface area contributed by atoms with Crippen molar-refractivity contribution in [2.24, 2.45) is 0 Å². The van der Waals surface area contributed by atoms with Crippen molar-refractivity contribution in [3.63, 3.8) is 0 Å². The topological polar surface area (TPSA) is 51.4 Å². The van der Waals surface area contributed by atoms with E-state index in [1.165, 1.54) is 12.1 Å². The zero-order valence-corrected chi connectivity index (χ0v) is 12.0. The lowest BCUT2D eigenvalue weighted by Gasteiger charge is -2.32. The summed E-state index contributed by atoms with van der Waals surface area (Å²) in [5.74, 6) is 1.03. The first-order chi connectivity index (χ1) is 10.3. The molecule has 2 aromatic rings. The van der Waals surface area contributed by atoms with Crippen molar-refractivity contribution in [3.05, 3.63) is 41.5 Å². The smallest absolute Gasteiger partial charge is 0.266 e. The van der Waals surface area contributed by atoms with Gasteiger partial charge in [0, 0.05) is 13.0 Å². The Morgan fingerprint density at radius 3 is 2.90 bits per heavy atom. The zero-order valence-electron chi connectivity index (χ0n) is 12.0. The molecular weight excluding hydrogens is 273 g/mol. The van der Waals surface area contributed by atoms with Crippen molar-refractivity contribution in [2.45, 2.75) is 25.9 Å². The minimum absolute atomic E-state index is 0.104. The van der Waals surface area contributed by atoms with E-state index in [9.17, 15) is 4.39 Å². The molecule has 1 aliphatic heterocycles. The van der Waals surface area contributed by atoms with Gasteiger partial charge in [0.2, 0.25) is 5.89 Å². The molecule has 2 heterocycles. The van der Waals surface area contributed by atoms with Crippen molar-refractivity contribution < 1.29 is 13.7 Å². The van der Waals surface area contributed by atoms with Crippen molar-refractivity contribution in [1.29, 1.82) is 0 Å². The summed E-state index contributed by atoms with van der Waals surface area (Å²) in [7, 11) is 0. The summed E-state index contributed by atoms with van der Waals surface area (Å²) < 4.78 is 24.0. The molecule has 3 rings (SSSR count). The van der Waals surface area contributed by atoms with Gasteiger partial charge < -0.3 is 14.2 Å². The van der Waals surface area contributed by atoms with Gasteiger partial charge >= 0.3 is 0 Å². The largest absolute Gasteiger partial charge is 0.370 e. The molecule has 0 amide bonds. The Morgan fingerprint density at radius 2 is 2.14 bits per heavy atom. The molecule has 21 heavy (non-hydrogen) atoms. The second-order valence-electron chi connectivity index (χ2n) is 5.10. The summed E-state index contributed by atoms with van der Waals surface area (Å²) in [6.45, 7) is 4.02. The summed E-state index contributed by atoms with van der Waals surface area (Å²) in [4.78, 5) is 6.44. The first-order valence-electron chi connectivity index (χ1n) is 7.21. The number of anilines is 1. The quantitative estimate of drug-likeness (QED) is 0.867. The number of rotatable bonds is 4. The molecular formula is C15H18FN3O2. The summed E-state index contributed by atoms with van der Waals surface area (Å²) in [5.41, 5.74) is 0.957. The Morgan fingerprint density at radius 1 is 1.33 bits per heavy atom. The van der Waals surface area contributed by atoms with Crippen LogP contribution in [0.15, 0.2) is 28.8 Å². The third-order valence-electron chi connectivity index (χ3n) is 3.51. The lowest BCUT2D eigenvalue weighted by atomic mass is 10.1. The second-order valence-corrected chi connectivity index (χ2v) is 5.10. The van der Waals surface area contributed by atoms with Gasteiger partial charge in [-0.15, -0.1) is 0 Å². The maximum absolute atomic E-state index is 13.0. The Hall–Kier alpha value is -1.95. The molecule has 112 valence electrons. The van der Waals surface area contributed by atoms with Crippen LogP contribution >= 0.6 is 0 Å². The summed E-state index contributed by atoms with van der Waals surface area (Å²) >= 11 is 0. The average molecular weight is 291 g/mol. The average Bonchev–Trinajstić information content (AvgIpc) is 2.97. The molecule has 0 aliphatic carbocycles. The maximum Gasteiger partial charge on any atom is 0.266 e. The number of aryl methyl sites for hydroxylation is 1. The fourth-order valence-corrected chi connectivity index (χ4v) is 2.40. The van der Waals surface area contributed by atoms with Gasteiger partial charge in [-0.25, -0.2) is 4.39 Å². The fraction of sp³-hybridized carbons (Fsp3) is 0.467. The summed E-state index contributed by atoms with van der Waals surface area (Å²) in [6.07, 6.45) is 1.66. The molecule has 0 saturated carbocycles. The van der Waals surface area contributed by atoms with Crippen LogP contribution < -0.4 is 4.90 Å². The number of hydrogen-bond donors (Lipinski definition) is 0. The monoisotopic (exact) mass is 291 g/mol. The molecule has 6 heteroatoms. The number of nitrogens with zero attached hydrogens (tertiary/aromatic N) is 3. The van der Waals surface area contributed by atoms with Crippen LogP contribution in [0.3, 0.4) is 0 Å². The zero-order chi connectivity index (χ0) is 14.7. The molecule has 1 aromatic carbocycles. The van der Waals surface area contributed by atoms with Gasteiger partial charge in [0.25, 0.3) is 5.95 Å². The van der Waals surface area contributed by atoms with E-state index in [2.05, 4.69) is 17.1 Å². The minimum atomic E-state index is -0.242. The molecule has 1 fully saturated rings. The number of benzene rings is 1. The normalized spacial score (nSPS) is 19.0. The Labute approximate surface area is 122 Å². The highest BCUT2D eigenvalue weighted by molar-refractivity contribution is 5.31. The lowest BCUT2D eigenvalue weighted by Crippen LogP contribution is -2.39. The Kier molecular flexibility index (Phi) is 4.15. The highest BCUT2D eigenvalue weighted by atomic mass is 19.1. The van der Waals surface area contributed by atoms with Crippen LogP contribution in [-0.4, -0.2) is 29.8 Å². The molecule has 0 spiro atoms. The van der Waals surface area contributed by atoms with Crippen molar-refractivity contribution in [3.8, 4) is 0 Å². The number of aromatic nitrogens is 2. The van der Waals surface area contributed by atoms with E-state index in [1.54, 1.807) is 12.1 Å². The number of halogens is 1. The molecule has 0 radical (unpaired) electrons. The van der Waals surface area contributed by atoms with Crippen LogP contribution in [0.4, 0.5) is 10.3 Å². The summed E-state index contributed by atoms with van der Waals surface area (Å²) in [5, 5.41) is 4.02. The highest BCUT2D eigenvalue weighted by Gasteiger charge is 2.25. The molecule has 0 bridgehead atoms. The van der Waals surface area contributed by atoms with Crippen LogP contribution in [-0.2, 0) is 11.2 Å². The van der Waals surface area contributed by atoms with Crippen LogP contribution in [0.5, 0.6) is 0 Å². The van der Waals surface area contributed by atoms with Gasteiger partial charge in [0.15, 0.2) is 0 Å². The van der Waals surface area contributed by atoms with Crippen LogP contribution in [0, 0.1) is 5.82 Å². The third-order valence-corrected chi connectivity index (χ3v) is 3.51. The Balaban J connectivity index is 1.71. The predicted octanol–water partition coefficient (Wildman–Crippen LogP) is 2.74. The van der Waals surface area contributed by atoms with E-state index in [-0.39, 0.29) is 11.9 Å². The van der Waals surface area contributed by atoms with Crippen LogP contribution in [0.2, 0.25) is 0 Å². The first-order valence-corrected chi connectivity index (χ1v) is 7.21. The van der Waals surface area contributed by atoms with Gasteiger partial charge in [0.05, 0.1) is 13.2 Å². The van der Waals surface area contributed by atoms with E-state index in [0.717, 1.165) is 24.9 Å². The maximum atomic E-state index is 13.0. The second kappa shape index (κ2) is 6.22. The lowest BCUT2D eigenvalue weighted by molar-refractivity contribution is 0.0390. The van der Waals surface area contributed by atoms with Gasteiger partial charge in [-0.2, -0.15) is 4.98 Å². The van der Waals surface area contributed by atoms with Crippen molar-refractivity contribution >= 4 is 5.95 Å². The Bertz CT molecular complexity index is 585. The number of morpholine rings is 1. The van der Waals surface area contributed by atoms with E-state index in [1.807, 2.05) is 4.90 Å². The molecule has 1 saturated heterocycles. The van der Waals surface area contributed by atoms with Gasteiger partial charge in [-0.1, -0.05) is 19.1 Å². The number of hydrogen-bond acceptors (Lipinski definition) is 5. The first kappa shape index (κ1) is 14.0. The van der Waals surface area contributed by atoms with Crippen LogP contribution in [0.1, 0.15) is 30.9 Å². The van der Waals surface area contributed by atoms with Gasteiger partial charge in [-0.3, -0.25) is 0 Å². The van der Waals surface area contributed by atoms with Crippen molar-refractivity contribution in [2.75, 3.05) is 24.6 Å². The van der Waals surface area contributed by atoms with Gasteiger partial charge in [-0.05, 0) is 29.3 Å². The molecule has 0 N–H and O–H groups in total. The standard InChI is InChI=1S/C15H18FN3O2/c1-2-3-14-17-15(18-21-14)19-8-9-20-13(10-19)11-4-6-12(16)7-5-11/h4-7,13H,2-3,8-10H2,1H3. The molecule has 1 aliphatic rings. The molecule has 1 unspecified atom stereocenters. The molecule has 1 atom stereocenters. The summed E-state index contributed by atoms with van der Waals surface area (Å²) in [6, 6.07) is 6.40. The number of ether oxygens (including phenoxy) is 1. The van der Waals surface area contributed by atoms with Gasteiger partial charge in [0.1, 0.15) is 11.9 Å². The molecule has 1 aromatic heterocycles. The predicted molar refractivity (Wildman–Crippen MR) is 75.6 cm³/mol. The minimum Gasteiger partial charge on any atom is -0.370 e. The van der Waals surface area contributed by atoms with E-state index in [0.29, 0.717) is 25.0 Å².